The quantitative estimate of drug-likeness (QED) is 0.119. The molecule has 4 atom stereocenters. The van der Waals surface area contributed by atoms with Crippen molar-refractivity contribution in [2.24, 2.45) is 17.8 Å². The van der Waals surface area contributed by atoms with Crippen molar-refractivity contribution in [1.29, 1.82) is 0 Å². The standard InChI is InChI=1S/C34H71B3/c1-30-19-14-15-20-31(2)23-18-27-34(26-17-22-30)37-33(24-12-8-4-5-10-16-28-35)25-13-9-6-7-11-21-32(3)29-36/h30-34,37H,4-29,35-36H2,1-3H3. The van der Waals surface area contributed by atoms with E-state index in [9.17, 15) is 0 Å². The zero-order valence-electron chi connectivity index (χ0n) is 27.0. The number of hydrogen-bond acceptors (Lipinski definition) is 0. The van der Waals surface area contributed by atoms with E-state index in [4.69, 9.17) is 0 Å². The largest absolute Gasteiger partial charge is 0.127 e. The van der Waals surface area contributed by atoms with Gasteiger partial charge in [0.1, 0.15) is 23.0 Å². The van der Waals surface area contributed by atoms with Crippen LogP contribution in [0.25, 0.3) is 0 Å². The Labute approximate surface area is 239 Å². The van der Waals surface area contributed by atoms with Gasteiger partial charge in [0.05, 0.1) is 0 Å². The monoisotopic (exact) mass is 513 g/mol. The van der Waals surface area contributed by atoms with Crippen molar-refractivity contribution < 1.29 is 0 Å². The average Bonchev–Trinajstić information content (AvgIpc) is 2.90. The smallest absolute Gasteiger partial charge is 0.0811 e. The highest BCUT2D eigenvalue weighted by Gasteiger charge is 2.19. The lowest BCUT2D eigenvalue weighted by atomic mass is 9.50. The summed E-state index contributed by atoms with van der Waals surface area (Å²) in [7, 11) is 6.25. The molecule has 0 aromatic carbocycles. The molecule has 4 unspecified atom stereocenters. The molecule has 0 amide bonds. The number of rotatable bonds is 19. The molecule has 0 aromatic heterocycles. The average molecular weight is 512 g/mol. The number of hydrogen-bond donors (Lipinski definition) is 0. The Bertz CT molecular complexity index is 450. The van der Waals surface area contributed by atoms with Crippen molar-refractivity contribution in [1.82, 2.24) is 0 Å². The Morgan fingerprint density at radius 1 is 0.568 bits per heavy atom. The SMILES string of the molecule is BCCCCCCCCC(BC1CCCC(C)CCCCC(C)CCC1)CCCCCCCC(C)CB. The Morgan fingerprint density at radius 3 is 1.49 bits per heavy atom. The van der Waals surface area contributed by atoms with Crippen LogP contribution in [-0.2, 0) is 0 Å². The van der Waals surface area contributed by atoms with Crippen LogP contribution >= 0.6 is 0 Å². The summed E-state index contributed by atoms with van der Waals surface area (Å²) in [6.07, 6.45) is 38.5. The van der Waals surface area contributed by atoms with Gasteiger partial charge in [0.2, 0.25) is 0 Å². The van der Waals surface area contributed by atoms with Gasteiger partial charge in [0, 0.05) is 0 Å². The van der Waals surface area contributed by atoms with Gasteiger partial charge in [-0.05, 0) is 11.8 Å². The Balaban J connectivity index is 2.50. The molecule has 0 heterocycles. The van der Waals surface area contributed by atoms with Crippen LogP contribution in [0.5, 0.6) is 0 Å². The Kier molecular flexibility index (Phi) is 24.0. The second kappa shape index (κ2) is 25.2. The maximum Gasteiger partial charge on any atom is 0.127 e. The molecule has 1 fully saturated rings. The third-order valence-corrected chi connectivity index (χ3v) is 10.2. The van der Waals surface area contributed by atoms with Crippen LogP contribution < -0.4 is 0 Å². The van der Waals surface area contributed by atoms with Gasteiger partial charge in [0.15, 0.2) is 0 Å². The summed E-state index contributed by atoms with van der Waals surface area (Å²) < 4.78 is 0. The summed E-state index contributed by atoms with van der Waals surface area (Å²) in [5.74, 6) is 4.89. The second-order valence-corrected chi connectivity index (χ2v) is 14.1. The minimum Gasteiger partial charge on any atom is -0.0811 e. The third kappa shape index (κ3) is 21.7. The molecular weight excluding hydrogens is 441 g/mol. The van der Waals surface area contributed by atoms with E-state index in [-0.39, 0.29) is 0 Å². The van der Waals surface area contributed by atoms with E-state index < -0.39 is 0 Å². The molecule has 3 heteroatoms. The molecule has 37 heavy (non-hydrogen) atoms. The first kappa shape index (κ1) is 35.2. The highest BCUT2D eigenvalue weighted by atomic mass is 14.2. The summed E-state index contributed by atoms with van der Waals surface area (Å²) >= 11 is 0. The molecule has 0 spiro atoms. The minimum atomic E-state index is 0.938. The van der Waals surface area contributed by atoms with E-state index in [1.165, 1.54) is 167 Å². The van der Waals surface area contributed by atoms with E-state index in [0.717, 1.165) is 29.4 Å². The summed E-state index contributed by atoms with van der Waals surface area (Å²) in [5.41, 5.74) is 0. The molecule has 0 aromatic rings. The van der Waals surface area contributed by atoms with E-state index in [2.05, 4.69) is 36.5 Å². The van der Waals surface area contributed by atoms with Gasteiger partial charge in [-0.15, -0.1) is 0 Å². The fraction of sp³-hybridized carbons (Fsp3) is 1.00. The van der Waals surface area contributed by atoms with E-state index >= 15 is 0 Å². The minimum absolute atomic E-state index is 0.938. The molecule has 0 bridgehead atoms. The number of unbranched alkanes of at least 4 members (excludes halogenated alkanes) is 9. The van der Waals surface area contributed by atoms with Gasteiger partial charge < -0.3 is 0 Å². The van der Waals surface area contributed by atoms with Crippen molar-refractivity contribution in [3.8, 4) is 0 Å². The van der Waals surface area contributed by atoms with Crippen LogP contribution in [0.3, 0.4) is 0 Å². The zero-order chi connectivity index (χ0) is 27.0. The van der Waals surface area contributed by atoms with E-state index in [1.54, 1.807) is 7.28 Å². The van der Waals surface area contributed by atoms with Gasteiger partial charge in [-0.2, -0.15) is 0 Å². The van der Waals surface area contributed by atoms with Crippen molar-refractivity contribution in [3.05, 3.63) is 0 Å². The van der Waals surface area contributed by atoms with Gasteiger partial charge >= 0.3 is 0 Å². The normalized spacial score (nSPS) is 23.9. The lowest BCUT2D eigenvalue weighted by Gasteiger charge is -2.24. The maximum absolute atomic E-state index is 2.53. The Hall–Kier alpha value is 0.195. The summed E-state index contributed by atoms with van der Waals surface area (Å²) in [5, 5.41) is 0. The predicted octanol–water partition coefficient (Wildman–Crippen LogP) is 10.4. The molecule has 1 aliphatic rings. The lowest BCUT2D eigenvalue weighted by molar-refractivity contribution is 0.417. The topological polar surface area (TPSA) is 0 Å². The first-order valence-electron chi connectivity index (χ1n) is 18.0. The van der Waals surface area contributed by atoms with Gasteiger partial charge in [-0.25, -0.2) is 0 Å². The summed E-state index contributed by atoms with van der Waals surface area (Å²) in [4.78, 5) is 0. The highest BCUT2D eigenvalue weighted by Crippen LogP contribution is 2.33. The van der Waals surface area contributed by atoms with Crippen LogP contribution in [0.2, 0.25) is 24.3 Å². The van der Waals surface area contributed by atoms with Crippen molar-refractivity contribution in [2.75, 3.05) is 0 Å². The van der Waals surface area contributed by atoms with E-state index in [0.29, 0.717) is 0 Å². The molecule has 0 radical (unpaired) electrons. The summed E-state index contributed by atoms with van der Waals surface area (Å²) in [6.45, 7) is 7.49. The molecule has 0 nitrogen and oxygen atoms in total. The predicted molar refractivity (Wildman–Crippen MR) is 180 cm³/mol. The van der Waals surface area contributed by atoms with Crippen LogP contribution in [0, 0.1) is 17.8 Å². The third-order valence-electron chi connectivity index (χ3n) is 10.2. The van der Waals surface area contributed by atoms with Crippen molar-refractivity contribution >= 4 is 23.0 Å². The van der Waals surface area contributed by atoms with Crippen LogP contribution in [0.1, 0.15) is 175 Å². The van der Waals surface area contributed by atoms with Gasteiger partial charge in [-0.3, -0.25) is 0 Å². The van der Waals surface area contributed by atoms with Crippen LogP contribution in [0.4, 0.5) is 0 Å². The molecule has 1 aliphatic carbocycles. The van der Waals surface area contributed by atoms with Crippen LogP contribution in [0.15, 0.2) is 0 Å². The summed E-state index contributed by atoms with van der Waals surface area (Å²) in [6, 6.07) is 0. The zero-order valence-corrected chi connectivity index (χ0v) is 27.0. The molecule has 1 saturated carbocycles. The first-order chi connectivity index (χ1) is 18.0. The molecule has 216 valence electrons. The fourth-order valence-electron chi connectivity index (χ4n) is 7.07. The Morgan fingerprint density at radius 2 is 1.00 bits per heavy atom. The van der Waals surface area contributed by atoms with Crippen molar-refractivity contribution in [3.63, 3.8) is 0 Å². The molecule has 1 rings (SSSR count). The first-order valence-corrected chi connectivity index (χ1v) is 18.0. The lowest BCUT2D eigenvalue weighted by Crippen LogP contribution is -2.13. The van der Waals surface area contributed by atoms with Gasteiger partial charge in [0.25, 0.3) is 0 Å². The molecule has 0 aliphatic heterocycles. The molecule has 0 saturated heterocycles. The van der Waals surface area contributed by atoms with Crippen molar-refractivity contribution in [2.45, 2.75) is 199 Å². The molecular formula is C34H71B3. The van der Waals surface area contributed by atoms with Gasteiger partial charge in [-0.1, -0.05) is 205 Å². The second-order valence-electron chi connectivity index (χ2n) is 14.1. The van der Waals surface area contributed by atoms with Crippen LogP contribution in [-0.4, -0.2) is 23.0 Å². The fourth-order valence-corrected chi connectivity index (χ4v) is 7.07. The highest BCUT2D eigenvalue weighted by molar-refractivity contribution is 6.39. The molecule has 0 N–H and O–H groups in total. The maximum atomic E-state index is 2.53. The van der Waals surface area contributed by atoms with E-state index in [1.807, 2.05) is 0 Å².